The van der Waals surface area contributed by atoms with Crippen LogP contribution in [0.15, 0.2) is 66.5 Å². The maximum Gasteiger partial charge on any atom is 0.254 e. The number of hydrogen-bond donors (Lipinski definition) is 0. The van der Waals surface area contributed by atoms with Gasteiger partial charge in [-0.1, -0.05) is 42.0 Å². The van der Waals surface area contributed by atoms with Crippen molar-refractivity contribution in [2.24, 2.45) is 0 Å². The molecule has 0 bridgehead atoms. The molecular formula is C26H30N4O. The van der Waals surface area contributed by atoms with Crippen molar-refractivity contribution in [2.75, 3.05) is 26.7 Å². The molecule has 0 N–H and O–H groups in total. The van der Waals surface area contributed by atoms with Crippen molar-refractivity contribution in [1.82, 2.24) is 19.8 Å². The van der Waals surface area contributed by atoms with E-state index in [4.69, 9.17) is 0 Å². The van der Waals surface area contributed by atoms with Crippen LogP contribution in [-0.4, -0.2) is 58.4 Å². The number of likely N-dealkylation sites (tertiary alicyclic amines) is 1. The summed E-state index contributed by atoms with van der Waals surface area (Å²) in [5.41, 5.74) is 4.54. The second-order valence-corrected chi connectivity index (χ2v) is 8.45. The molecule has 160 valence electrons. The fourth-order valence-corrected chi connectivity index (χ4v) is 4.36. The molecule has 5 heteroatoms. The number of nitrogens with zero attached hydrogens (tertiary/aromatic N) is 4. The van der Waals surface area contributed by atoms with E-state index in [1.807, 2.05) is 41.3 Å². The highest BCUT2D eigenvalue weighted by Crippen LogP contribution is 2.20. The summed E-state index contributed by atoms with van der Waals surface area (Å²) in [6.07, 6.45) is 8.94. The predicted molar refractivity (Wildman–Crippen MR) is 126 cm³/mol. The lowest BCUT2D eigenvalue weighted by atomic mass is 10.1. The van der Waals surface area contributed by atoms with Crippen LogP contribution in [0.3, 0.4) is 0 Å². The molecule has 31 heavy (non-hydrogen) atoms. The van der Waals surface area contributed by atoms with Gasteiger partial charge in [0.25, 0.3) is 5.91 Å². The van der Waals surface area contributed by atoms with Gasteiger partial charge in [-0.25, -0.2) is 0 Å². The minimum Gasteiger partial charge on any atom is -0.335 e. The van der Waals surface area contributed by atoms with E-state index in [1.54, 1.807) is 12.4 Å². The number of benzene rings is 2. The molecule has 1 aliphatic rings. The minimum absolute atomic E-state index is 0.0500. The summed E-state index contributed by atoms with van der Waals surface area (Å²) in [7, 11) is 2.19. The van der Waals surface area contributed by atoms with Crippen LogP contribution in [0.25, 0.3) is 17.1 Å². The average Bonchev–Trinajstić information content (AvgIpc) is 3.21. The van der Waals surface area contributed by atoms with Crippen molar-refractivity contribution in [2.45, 2.75) is 32.2 Å². The topological polar surface area (TPSA) is 49.3 Å². The molecule has 1 amide bonds. The van der Waals surface area contributed by atoms with Gasteiger partial charge in [-0.15, -0.1) is 0 Å². The highest BCUT2D eigenvalue weighted by Gasteiger charge is 2.23. The van der Waals surface area contributed by atoms with Crippen LogP contribution >= 0.6 is 0 Å². The smallest absolute Gasteiger partial charge is 0.254 e. The second-order valence-electron chi connectivity index (χ2n) is 8.45. The first-order valence-electron chi connectivity index (χ1n) is 11.0. The number of carbonyl (C=O) groups is 1. The third kappa shape index (κ3) is 5.36. The van der Waals surface area contributed by atoms with Crippen molar-refractivity contribution in [3.05, 3.63) is 77.6 Å². The first-order valence-corrected chi connectivity index (χ1v) is 11.0. The molecule has 3 aromatic rings. The summed E-state index contributed by atoms with van der Waals surface area (Å²) < 4.78 is 0. The summed E-state index contributed by atoms with van der Waals surface area (Å²) in [4.78, 5) is 26.6. The Balaban J connectivity index is 1.55. The lowest BCUT2D eigenvalue weighted by Gasteiger charge is -2.27. The van der Waals surface area contributed by atoms with Crippen LogP contribution in [0.4, 0.5) is 0 Å². The van der Waals surface area contributed by atoms with Gasteiger partial charge < -0.3 is 9.80 Å². The number of hydrogen-bond acceptors (Lipinski definition) is 4. The largest absolute Gasteiger partial charge is 0.335 e. The molecule has 0 saturated carbocycles. The number of carbonyl (C=O) groups excluding carboxylic acids is 1. The Morgan fingerprint density at radius 2 is 1.90 bits per heavy atom. The molecule has 0 spiro atoms. The summed E-state index contributed by atoms with van der Waals surface area (Å²) in [6, 6.07) is 16.4. The molecule has 1 fully saturated rings. The highest BCUT2D eigenvalue weighted by molar-refractivity contribution is 5.97. The van der Waals surface area contributed by atoms with Crippen LogP contribution in [0.1, 0.15) is 42.1 Å². The molecule has 1 aliphatic heterocycles. The molecule has 1 unspecified atom stereocenters. The fourth-order valence-electron chi connectivity index (χ4n) is 4.36. The van der Waals surface area contributed by atoms with Crippen LogP contribution < -0.4 is 0 Å². The van der Waals surface area contributed by atoms with E-state index >= 15 is 0 Å². The lowest BCUT2D eigenvalue weighted by molar-refractivity contribution is 0.0758. The van der Waals surface area contributed by atoms with E-state index in [9.17, 15) is 4.79 Å². The van der Waals surface area contributed by atoms with E-state index in [0.29, 0.717) is 18.2 Å². The third-order valence-corrected chi connectivity index (χ3v) is 6.06. The number of aromatic nitrogens is 2. The Morgan fingerprint density at radius 1 is 1.13 bits per heavy atom. The molecule has 0 radical (unpaired) electrons. The standard InChI is InChI=1S/C26H30N4O/c1-20(17-21-7-4-3-5-8-21)19-30(16-12-23-9-6-15-29(23)2)26(31)22-10-11-24-25(18-22)28-14-13-27-24/h3-5,7-8,10-11,13-14,17-18,23H,6,9,12,15-16,19H2,1-2H3. The van der Waals surface area contributed by atoms with Gasteiger partial charge in [0.15, 0.2) is 0 Å². The van der Waals surface area contributed by atoms with Crippen molar-refractivity contribution in [3.63, 3.8) is 0 Å². The normalized spacial score (nSPS) is 17.2. The zero-order valence-electron chi connectivity index (χ0n) is 18.4. The minimum atomic E-state index is 0.0500. The van der Waals surface area contributed by atoms with E-state index in [2.05, 4.69) is 47.0 Å². The molecule has 0 aliphatic carbocycles. The zero-order valence-corrected chi connectivity index (χ0v) is 18.4. The predicted octanol–water partition coefficient (Wildman–Crippen LogP) is 4.66. The van der Waals surface area contributed by atoms with Gasteiger partial charge in [0.05, 0.1) is 11.0 Å². The van der Waals surface area contributed by atoms with Gasteiger partial charge in [-0.3, -0.25) is 14.8 Å². The van der Waals surface area contributed by atoms with Crippen LogP contribution in [0.5, 0.6) is 0 Å². The summed E-state index contributed by atoms with van der Waals surface area (Å²) in [5.74, 6) is 0.0500. The van der Waals surface area contributed by atoms with E-state index in [1.165, 1.54) is 18.4 Å². The molecule has 1 atom stereocenters. The van der Waals surface area contributed by atoms with Gasteiger partial charge in [0, 0.05) is 37.1 Å². The van der Waals surface area contributed by atoms with E-state index < -0.39 is 0 Å². The maximum atomic E-state index is 13.5. The molecule has 5 nitrogen and oxygen atoms in total. The van der Waals surface area contributed by atoms with Crippen LogP contribution in [0, 0.1) is 0 Å². The Hall–Kier alpha value is -3.05. The SMILES string of the molecule is CC(=Cc1ccccc1)CN(CCC1CCCN1C)C(=O)c1ccc2nccnc2c1. The first kappa shape index (κ1) is 21.2. The summed E-state index contributed by atoms with van der Waals surface area (Å²) in [5, 5.41) is 0. The fraction of sp³-hybridized carbons (Fsp3) is 0.346. The maximum absolute atomic E-state index is 13.5. The lowest BCUT2D eigenvalue weighted by Crippen LogP contribution is -2.37. The first-order chi connectivity index (χ1) is 15.1. The van der Waals surface area contributed by atoms with Crippen molar-refractivity contribution < 1.29 is 4.79 Å². The summed E-state index contributed by atoms with van der Waals surface area (Å²) >= 11 is 0. The Kier molecular flexibility index (Phi) is 6.73. The average molecular weight is 415 g/mol. The monoisotopic (exact) mass is 414 g/mol. The molecule has 1 saturated heterocycles. The van der Waals surface area contributed by atoms with Gasteiger partial charge in [0.1, 0.15) is 0 Å². The molecule has 4 rings (SSSR count). The molecule has 1 aromatic heterocycles. The Bertz CT molecular complexity index is 1060. The zero-order chi connectivity index (χ0) is 21.6. The highest BCUT2D eigenvalue weighted by atomic mass is 16.2. The van der Waals surface area contributed by atoms with E-state index in [-0.39, 0.29) is 5.91 Å². The molecular weight excluding hydrogens is 384 g/mol. The van der Waals surface area contributed by atoms with E-state index in [0.717, 1.165) is 36.1 Å². The van der Waals surface area contributed by atoms with Gasteiger partial charge >= 0.3 is 0 Å². The molecule has 2 heterocycles. The molecule has 2 aromatic carbocycles. The number of rotatable bonds is 7. The Labute approximate surface area is 184 Å². The van der Waals surface area contributed by atoms with Crippen molar-refractivity contribution in [3.8, 4) is 0 Å². The van der Waals surface area contributed by atoms with Crippen LogP contribution in [0.2, 0.25) is 0 Å². The van der Waals surface area contributed by atoms with Crippen molar-refractivity contribution >= 4 is 23.0 Å². The van der Waals surface area contributed by atoms with Crippen molar-refractivity contribution in [1.29, 1.82) is 0 Å². The quantitative estimate of drug-likeness (QED) is 0.564. The van der Waals surface area contributed by atoms with Gasteiger partial charge in [-0.05, 0) is 63.5 Å². The van der Waals surface area contributed by atoms with Crippen LogP contribution in [-0.2, 0) is 0 Å². The van der Waals surface area contributed by atoms with Gasteiger partial charge in [-0.2, -0.15) is 0 Å². The number of amides is 1. The summed E-state index contributed by atoms with van der Waals surface area (Å²) in [6.45, 7) is 4.60. The number of fused-ring (bicyclic) bond motifs is 1. The second kappa shape index (κ2) is 9.84. The Morgan fingerprint density at radius 3 is 2.65 bits per heavy atom. The third-order valence-electron chi connectivity index (χ3n) is 6.06. The van der Waals surface area contributed by atoms with Gasteiger partial charge in [0.2, 0.25) is 0 Å².